The average molecular weight is 519 g/mol. The fourth-order valence-electron chi connectivity index (χ4n) is 4.70. The molecule has 0 saturated carbocycles. The number of hydrogen-bond donors (Lipinski definition) is 0. The summed E-state index contributed by atoms with van der Waals surface area (Å²) in [5.41, 5.74) is 1.60. The van der Waals surface area contributed by atoms with Gasteiger partial charge in [0.25, 0.3) is 5.89 Å². The van der Waals surface area contributed by atoms with Gasteiger partial charge in [-0.25, -0.2) is 0 Å². The topological polar surface area (TPSA) is 83.0 Å². The molecule has 2 heterocycles. The van der Waals surface area contributed by atoms with E-state index in [2.05, 4.69) is 29.1 Å². The smallest absolute Gasteiger partial charge is 0.416 e. The number of carbonyl (C=O) groups is 1. The van der Waals surface area contributed by atoms with Crippen LogP contribution >= 0.6 is 0 Å². The molecular formula is C27H33F3N4O3. The van der Waals surface area contributed by atoms with Crippen LogP contribution < -0.4 is 0 Å². The van der Waals surface area contributed by atoms with Gasteiger partial charge in [0.05, 0.1) is 5.56 Å². The number of nitrogens with zero attached hydrogens (tertiary/aromatic N) is 4. The van der Waals surface area contributed by atoms with Crippen LogP contribution in [0, 0.1) is 5.41 Å². The van der Waals surface area contributed by atoms with Gasteiger partial charge >= 0.3 is 12.1 Å². The molecule has 1 aliphatic rings. The second kappa shape index (κ2) is 9.61. The molecule has 0 atom stereocenters. The van der Waals surface area contributed by atoms with Crippen LogP contribution in [0.25, 0.3) is 23.0 Å². The number of benzene rings is 1. The number of halogens is 3. The lowest BCUT2D eigenvalue weighted by molar-refractivity contribution is -0.155. The Balaban J connectivity index is 1.62. The zero-order chi connectivity index (χ0) is 27.2. The third-order valence-corrected chi connectivity index (χ3v) is 6.48. The SMILES string of the molecule is CCn1nc(-c2nc(-c3ccc(CCC(=O)OC(C)(C)C)c(C(F)(F)F)c3)no2)c2c1CC(C)(C)CC2. The lowest BCUT2D eigenvalue weighted by Gasteiger charge is -2.30. The van der Waals surface area contributed by atoms with Gasteiger partial charge in [-0.05, 0) is 70.4 Å². The Labute approximate surface area is 214 Å². The van der Waals surface area contributed by atoms with E-state index in [0.717, 1.165) is 36.6 Å². The Morgan fingerprint density at radius 1 is 1.22 bits per heavy atom. The van der Waals surface area contributed by atoms with E-state index in [4.69, 9.17) is 9.26 Å². The second-order valence-electron chi connectivity index (χ2n) is 11.3. The fourth-order valence-corrected chi connectivity index (χ4v) is 4.70. The van der Waals surface area contributed by atoms with Crippen molar-refractivity contribution >= 4 is 5.97 Å². The molecule has 37 heavy (non-hydrogen) atoms. The normalized spacial score (nSPS) is 15.5. The molecule has 0 amide bonds. The predicted octanol–water partition coefficient (Wildman–Crippen LogP) is 6.43. The van der Waals surface area contributed by atoms with Crippen molar-refractivity contribution in [1.82, 2.24) is 19.9 Å². The molecule has 0 spiro atoms. The summed E-state index contributed by atoms with van der Waals surface area (Å²) < 4.78 is 54.4. The van der Waals surface area contributed by atoms with Crippen molar-refractivity contribution in [3.8, 4) is 23.0 Å². The Morgan fingerprint density at radius 3 is 2.59 bits per heavy atom. The van der Waals surface area contributed by atoms with Gasteiger partial charge in [-0.3, -0.25) is 9.48 Å². The van der Waals surface area contributed by atoms with E-state index in [1.807, 2.05) is 11.6 Å². The highest BCUT2D eigenvalue weighted by Crippen LogP contribution is 2.39. The first kappa shape index (κ1) is 26.9. The molecule has 1 aromatic carbocycles. The third-order valence-electron chi connectivity index (χ3n) is 6.48. The Kier molecular flexibility index (Phi) is 6.98. The van der Waals surface area contributed by atoms with Gasteiger partial charge < -0.3 is 9.26 Å². The highest BCUT2D eigenvalue weighted by Gasteiger charge is 2.35. The summed E-state index contributed by atoms with van der Waals surface area (Å²) in [4.78, 5) is 16.5. The van der Waals surface area contributed by atoms with Crippen LogP contribution in [-0.2, 0) is 41.5 Å². The molecule has 0 N–H and O–H groups in total. The Bertz CT molecular complexity index is 1300. The fraction of sp³-hybridized carbons (Fsp3) is 0.556. The van der Waals surface area contributed by atoms with Crippen LogP contribution in [0.3, 0.4) is 0 Å². The summed E-state index contributed by atoms with van der Waals surface area (Å²) >= 11 is 0. The predicted molar refractivity (Wildman–Crippen MR) is 132 cm³/mol. The van der Waals surface area contributed by atoms with Crippen molar-refractivity contribution in [1.29, 1.82) is 0 Å². The average Bonchev–Trinajstić information content (AvgIpc) is 3.39. The van der Waals surface area contributed by atoms with Crippen molar-refractivity contribution in [3.63, 3.8) is 0 Å². The minimum Gasteiger partial charge on any atom is -0.460 e. The van der Waals surface area contributed by atoms with Gasteiger partial charge in [0.1, 0.15) is 5.60 Å². The third kappa shape index (κ3) is 6.05. The van der Waals surface area contributed by atoms with E-state index in [1.165, 1.54) is 12.1 Å². The lowest BCUT2D eigenvalue weighted by Crippen LogP contribution is -2.24. The number of ether oxygens (including phenoxy) is 1. The zero-order valence-corrected chi connectivity index (χ0v) is 22.1. The highest BCUT2D eigenvalue weighted by molar-refractivity contribution is 5.70. The number of aromatic nitrogens is 4. The lowest BCUT2D eigenvalue weighted by atomic mass is 9.76. The molecular weight excluding hydrogens is 485 g/mol. The number of rotatable bonds is 6. The van der Waals surface area contributed by atoms with Gasteiger partial charge in [-0.2, -0.15) is 23.3 Å². The van der Waals surface area contributed by atoms with E-state index in [0.29, 0.717) is 12.2 Å². The minimum absolute atomic E-state index is 0.00389. The molecule has 0 bridgehead atoms. The summed E-state index contributed by atoms with van der Waals surface area (Å²) in [7, 11) is 0. The van der Waals surface area contributed by atoms with E-state index in [-0.39, 0.29) is 41.1 Å². The maximum atomic E-state index is 13.9. The number of alkyl halides is 3. The van der Waals surface area contributed by atoms with E-state index >= 15 is 0 Å². The molecule has 0 saturated heterocycles. The van der Waals surface area contributed by atoms with Crippen LogP contribution in [0.4, 0.5) is 13.2 Å². The van der Waals surface area contributed by atoms with Crippen LogP contribution in [0.5, 0.6) is 0 Å². The number of fused-ring (bicyclic) bond motifs is 1. The van der Waals surface area contributed by atoms with Crippen LogP contribution in [0.1, 0.15) is 76.8 Å². The van der Waals surface area contributed by atoms with Crippen molar-refractivity contribution in [2.75, 3.05) is 0 Å². The monoisotopic (exact) mass is 518 g/mol. The van der Waals surface area contributed by atoms with Gasteiger partial charge in [-0.15, -0.1) is 0 Å². The maximum absolute atomic E-state index is 13.9. The molecule has 3 aromatic rings. The summed E-state index contributed by atoms with van der Waals surface area (Å²) in [6.45, 7) is 12.3. The van der Waals surface area contributed by atoms with E-state index < -0.39 is 23.3 Å². The zero-order valence-electron chi connectivity index (χ0n) is 22.1. The van der Waals surface area contributed by atoms with Crippen LogP contribution in [0.2, 0.25) is 0 Å². The largest absolute Gasteiger partial charge is 0.460 e. The Hall–Kier alpha value is -3.17. The standard InChI is InChI=1S/C27H33F3N4O3/c1-7-34-20-15-26(5,6)13-12-18(20)22(32-34)24-31-23(33-37-24)17-9-8-16(19(14-17)27(28,29)30)10-11-21(35)36-25(2,3)4/h8-9,14H,7,10-13,15H2,1-6H3. The number of hydrogen-bond acceptors (Lipinski definition) is 6. The quantitative estimate of drug-likeness (QED) is 0.350. The van der Waals surface area contributed by atoms with Crippen molar-refractivity contribution in [2.24, 2.45) is 5.41 Å². The van der Waals surface area contributed by atoms with E-state index in [1.54, 1.807) is 20.8 Å². The molecule has 200 valence electrons. The van der Waals surface area contributed by atoms with Crippen LogP contribution in [0.15, 0.2) is 22.7 Å². The van der Waals surface area contributed by atoms with Crippen molar-refractivity contribution in [2.45, 2.75) is 92.0 Å². The van der Waals surface area contributed by atoms with E-state index in [9.17, 15) is 18.0 Å². The Morgan fingerprint density at radius 2 is 1.95 bits per heavy atom. The number of esters is 1. The van der Waals surface area contributed by atoms with Gasteiger partial charge in [0.15, 0.2) is 5.69 Å². The highest BCUT2D eigenvalue weighted by atomic mass is 19.4. The summed E-state index contributed by atoms with van der Waals surface area (Å²) in [6.07, 6.45) is -2.18. The molecule has 0 aliphatic heterocycles. The molecule has 4 rings (SSSR count). The maximum Gasteiger partial charge on any atom is 0.416 e. The number of carbonyl (C=O) groups excluding carboxylic acids is 1. The minimum atomic E-state index is -4.61. The molecule has 7 nitrogen and oxygen atoms in total. The molecule has 0 fully saturated rings. The first-order valence-corrected chi connectivity index (χ1v) is 12.5. The molecule has 2 aromatic heterocycles. The molecule has 0 radical (unpaired) electrons. The molecule has 1 aliphatic carbocycles. The van der Waals surface area contributed by atoms with Crippen LogP contribution in [-0.4, -0.2) is 31.5 Å². The van der Waals surface area contributed by atoms with Gasteiger partial charge in [0, 0.05) is 29.8 Å². The van der Waals surface area contributed by atoms with Gasteiger partial charge in [-0.1, -0.05) is 31.1 Å². The van der Waals surface area contributed by atoms with Crippen molar-refractivity contribution in [3.05, 3.63) is 40.6 Å². The first-order chi connectivity index (χ1) is 17.2. The summed E-state index contributed by atoms with van der Waals surface area (Å²) in [5.74, 6) is -0.304. The molecule has 0 unspecified atom stereocenters. The summed E-state index contributed by atoms with van der Waals surface area (Å²) in [6, 6.07) is 3.87. The number of aryl methyl sites for hydroxylation is 2. The van der Waals surface area contributed by atoms with Crippen molar-refractivity contribution < 1.29 is 27.2 Å². The first-order valence-electron chi connectivity index (χ1n) is 12.5. The van der Waals surface area contributed by atoms with Gasteiger partial charge in [0.2, 0.25) is 5.82 Å². The second-order valence-corrected chi connectivity index (χ2v) is 11.3. The molecule has 10 heteroatoms. The summed E-state index contributed by atoms with van der Waals surface area (Å²) in [5, 5.41) is 8.65.